The average Bonchev–Trinajstić information content (AvgIpc) is 3.83. The molecule has 0 spiro atoms. The lowest BCUT2D eigenvalue weighted by atomic mass is 9.78. The van der Waals surface area contributed by atoms with Crippen LogP contribution in [0.1, 0.15) is 35.9 Å². The molecule has 0 aliphatic carbocycles. The number of aromatic nitrogens is 3. The van der Waals surface area contributed by atoms with Gasteiger partial charge in [0.1, 0.15) is 5.58 Å². The number of hydrogen-bond donors (Lipinski definition) is 0. The largest absolute Gasteiger partial charge is 0.454 e. The molecule has 50 heavy (non-hydrogen) atoms. The molecule has 5 aromatic carbocycles. The van der Waals surface area contributed by atoms with Gasteiger partial charge in [0.2, 0.25) is 11.4 Å². The topological polar surface area (TPSA) is 25.3 Å². The van der Waals surface area contributed by atoms with Crippen molar-refractivity contribution in [2.45, 2.75) is 37.8 Å². The Bertz CT molecular complexity index is 3020. The lowest BCUT2D eigenvalue weighted by Crippen LogP contribution is -2.50. The van der Waals surface area contributed by atoms with Gasteiger partial charge in [0.05, 0.1) is 28.5 Å². The fourth-order valence-electron chi connectivity index (χ4n) is 9.88. The first kappa shape index (κ1) is 26.9. The van der Waals surface area contributed by atoms with Crippen LogP contribution < -0.4 is 9.13 Å². The normalized spacial score (nSPS) is 17.3. The summed E-state index contributed by atoms with van der Waals surface area (Å²) in [7, 11) is 0. The predicted molar refractivity (Wildman–Crippen MR) is 201 cm³/mol. The van der Waals surface area contributed by atoms with Gasteiger partial charge in [0.15, 0.2) is 30.6 Å². The minimum absolute atomic E-state index is 0.385. The van der Waals surface area contributed by atoms with Crippen molar-refractivity contribution in [3.63, 3.8) is 0 Å². The van der Waals surface area contributed by atoms with E-state index in [0.29, 0.717) is 12.0 Å². The number of furan rings is 1. The van der Waals surface area contributed by atoms with Gasteiger partial charge >= 0.3 is 0 Å². The molecule has 2 aliphatic heterocycles. The SMILES string of the molecule is c1ccc2c(c1)-c1cccc[n+]1C1CC[n+]3ccccc3-c3cc4c5cccc6c7ccc8c9ccccc9oc8c7n(c4cc3CCC21)c56. The molecule has 2 aliphatic rings. The molecular weight excluding hydrogens is 611 g/mol. The monoisotopic (exact) mass is 643 g/mol. The highest BCUT2D eigenvalue weighted by Crippen LogP contribution is 2.46. The van der Waals surface area contributed by atoms with Gasteiger partial charge in [-0.3, -0.25) is 0 Å². The van der Waals surface area contributed by atoms with E-state index >= 15 is 0 Å². The zero-order valence-corrected chi connectivity index (χ0v) is 27.5. The summed E-state index contributed by atoms with van der Waals surface area (Å²) in [4.78, 5) is 0. The van der Waals surface area contributed by atoms with E-state index in [9.17, 15) is 0 Å². The first-order chi connectivity index (χ1) is 24.8. The van der Waals surface area contributed by atoms with E-state index in [0.717, 1.165) is 37.0 Å². The third kappa shape index (κ3) is 3.45. The number of benzene rings is 5. The third-order valence-electron chi connectivity index (χ3n) is 12.0. The second-order valence-corrected chi connectivity index (χ2v) is 14.4. The fourth-order valence-corrected chi connectivity index (χ4v) is 9.88. The predicted octanol–water partition coefficient (Wildman–Crippen LogP) is 10.3. The van der Waals surface area contributed by atoms with Crippen LogP contribution in [0.3, 0.4) is 0 Å². The van der Waals surface area contributed by atoms with E-state index in [1.807, 2.05) is 0 Å². The van der Waals surface area contributed by atoms with Gasteiger partial charge in [-0.25, -0.2) is 0 Å². The van der Waals surface area contributed by atoms with Crippen LogP contribution in [-0.4, -0.2) is 4.40 Å². The molecule has 12 rings (SSSR count). The molecule has 0 radical (unpaired) electrons. The second kappa shape index (κ2) is 9.79. The number of hydrogen-bond acceptors (Lipinski definition) is 1. The number of nitrogens with zero attached hydrogens (tertiary/aromatic N) is 3. The van der Waals surface area contributed by atoms with Crippen LogP contribution in [0.15, 0.2) is 144 Å². The number of pyridine rings is 2. The van der Waals surface area contributed by atoms with E-state index in [1.54, 1.807) is 0 Å². The average molecular weight is 644 g/mol. The highest BCUT2D eigenvalue weighted by Gasteiger charge is 2.41. The summed E-state index contributed by atoms with van der Waals surface area (Å²) in [6, 6.07) is 47.7. The summed E-state index contributed by atoms with van der Waals surface area (Å²) in [6.45, 7) is 0.960. The molecule has 7 heterocycles. The van der Waals surface area contributed by atoms with Crippen LogP contribution in [0.5, 0.6) is 0 Å². The van der Waals surface area contributed by atoms with Crippen molar-refractivity contribution < 1.29 is 13.6 Å². The molecule has 0 saturated heterocycles. The first-order valence-corrected chi connectivity index (χ1v) is 18.0. The lowest BCUT2D eigenvalue weighted by molar-refractivity contribution is -0.738. The van der Waals surface area contributed by atoms with Crippen LogP contribution in [-0.2, 0) is 13.0 Å². The summed E-state index contributed by atoms with van der Waals surface area (Å²) in [5.41, 5.74) is 13.9. The first-order valence-electron chi connectivity index (χ1n) is 18.0. The maximum Gasteiger partial charge on any atom is 0.213 e. The van der Waals surface area contributed by atoms with Gasteiger partial charge in [-0.15, -0.1) is 0 Å². The summed E-state index contributed by atoms with van der Waals surface area (Å²) in [5, 5.41) is 7.47. The summed E-state index contributed by atoms with van der Waals surface area (Å²) >= 11 is 0. The Kier molecular flexibility index (Phi) is 5.27. The van der Waals surface area contributed by atoms with Crippen molar-refractivity contribution in [2.24, 2.45) is 0 Å². The molecule has 10 aromatic rings. The number of rotatable bonds is 0. The van der Waals surface area contributed by atoms with Crippen LogP contribution in [0, 0.1) is 0 Å². The Hall–Kier alpha value is -6.00. The number of para-hydroxylation sites is 2. The van der Waals surface area contributed by atoms with E-state index < -0.39 is 0 Å². The lowest BCUT2D eigenvalue weighted by Gasteiger charge is -2.31. The van der Waals surface area contributed by atoms with Gasteiger partial charge in [-0.2, -0.15) is 9.13 Å². The minimum Gasteiger partial charge on any atom is -0.454 e. The summed E-state index contributed by atoms with van der Waals surface area (Å²) < 4.78 is 14.3. The van der Waals surface area contributed by atoms with E-state index in [1.165, 1.54) is 82.5 Å². The molecule has 0 N–H and O–H groups in total. The third-order valence-corrected chi connectivity index (χ3v) is 12.0. The highest BCUT2D eigenvalue weighted by atomic mass is 16.3. The molecule has 0 saturated carbocycles. The van der Waals surface area contributed by atoms with E-state index in [4.69, 9.17) is 4.42 Å². The molecule has 236 valence electrons. The van der Waals surface area contributed by atoms with E-state index in [-0.39, 0.29) is 0 Å². The van der Waals surface area contributed by atoms with Gasteiger partial charge < -0.3 is 8.82 Å². The quantitative estimate of drug-likeness (QED) is 0.151. The standard InChI is InChI=1S/C46H33N3O/c1-2-11-30-29(10-1)31-19-18-28-26-42-38(27-37(28)39-15-5-7-23-47(39)25-22-41(31)48-24-8-6-16-40(30)48)34-14-9-13-33-35-20-21-36-32-12-3-4-17-43(32)50-46(36)45(35)49(42)44(33)34/h1-17,20-21,23-24,26-27,31,41H,18-19,22,25H2/q+2. The molecule has 2 atom stereocenters. The van der Waals surface area contributed by atoms with Gasteiger partial charge in [0.25, 0.3) is 0 Å². The zero-order chi connectivity index (χ0) is 32.5. The van der Waals surface area contributed by atoms with Crippen LogP contribution in [0.2, 0.25) is 0 Å². The Morgan fingerprint density at radius 2 is 1.34 bits per heavy atom. The minimum atomic E-state index is 0.385. The molecular formula is C46H33N3O+2. The van der Waals surface area contributed by atoms with Crippen molar-refractivity contribution in [3.8, 4) is 22.5 Å². The van der Waals surface area contributed by atoms with Gasteiger partial charge in [-0.05, 0) is 66.4 Å². The van der Waals surface area contributed by atoms with Crippen molar-refractivity contribution in [1.29, 1.82) is 0 Å². The van der Waals surface area contributed by atoms with Crippen LogP contribution in [0.4, 0.5) is 0 Å². The van der Waals surface area contributed by atoms with Crippen LogP contribution in [0.25, 0.3) is 82.5 Å². The van der Waals surface area contributed by atoms with Gasteiger partial charge in [-0.1, -0.05) is 60.7 Å². The molecule has 2 unspecified atom stereocenters. The molecule has 0 fully saturated rings. The Balaban J connectivity index is 1.15. The van der Waals surface area contributed by atoms with Crippen molar-refractivity contribution in [1.82, 2.24) is 4.40 Å². The summed E-state index contributed by atoms with van der Waals surface area (Å²) in [6.07, 6.45) is 7.75. The van der Waals surface area contributed by atoms with Crippen LogP contribution >= 0.6 is 0 Å². The molecule has 5 aromatic heterocycles. The number of fused-ring (bicyclic) bond motifs is 19. The highest BCUT2D eigenvalue weighted by molar-refractivity contribution is 6.28. The molecule has 0 amide bonds. The zero-order valence-electron chi connectivity index (χ0n) is 27.5. The Morgan fingerprint density at radius 3 is 2.30 bits per heavy atom. The number of aryl methyl sites for hydroxylation is 2. The maximum absolute atomic E-state index is 6.70. The Morgan fingerprint density at radius 1 is 0.580 bits per heavy atom. The maximum atomic E-state index is 6.70. The van der Waals surface area contributed by atoms with Crippen molar-refractivity contribution in [3.05, 3.63) is 151 Å². The van der Waals surface area contributed by atoms with Crippen molar-refractivity contribution >= 4 is 60.0 Å². The molecule has 0 bridgehead atoms. The molecule has 4 nitrogen and oxygen atoms in total. The molecule has 4 heteroatoms. The fraction of sp³-hybridized carbons (Fsp3) is 0.130. The second-order valence-electron chi connectivity index (χ2n) is 14.4. The van der Waals surface area contributed by atoms with Crippen molar-refractivity contribution in [2.75, 3.05) is 0 Å². The van der Waals surface area contributed by atoms with Gasteiger partial charge in [0, 0.05) is 68.1 Å². The summed E-state index contributed by atoms with van der Waals surface area (Å²) in [5.74, 6) is 0.421. The smallest absolute Gasteiger partial charge is 0.213 e. The Labute approximate surface area is 288 Å². The van der Waals surface area contributed by atoms with E-state index in [2.05, 4.69) is 153 Å².